The van der Waals surface area contributed by atoms with Crippen LogP contribution in [-0.4, -0.2) is 16.4 Å². The molecule has 1 rings (SSSR count). The summed E-state index contributed by atoms with van der Waals surface area (Å²) in [5.74, 6) is -0.445. The maximum atomic E-state index is 12.2. The molecule has 0 fully saturated rings. The number of aryl methyl sites for hydroxylation is 1. The van der Waals surface area contributed by atoms with E-state index in [1.807, 2.05) is 39.0 Å². The average molecular weight is 292 g/mol. The highest BCUT2D eigenvalue weighted by Gasteiger charge is 2.26. The molecular weight excluding hydrogens is 268 g/mol. The van der Waals surface area contributed by atoms with Crippen LogP contribution >= 0.6 is 12.2 Å². The smallest absolute Gasteiger partial charge is 0.230 e. The Bertz CT molecular complexity index is 457. The molecule has 3 nitrogen and oxygen atoms in total. The lowest BCUT2D eigenvalue weighted by molar-refractivity contribution is -0.124. The minimum absolute atomic E-state index is 0.0712. The summed E-state index contributed by atoms with van der Waals surface area (Å²) < 4.78 is 0. The molecule has 1 aromatic rings. The fourth-order valence-electron chi connectivity index (χ4n) is 2.10. The summed E-state index contributed by atoms with van der Waals surface area (Å²) in [5, 5.41) is 3.05. The number of hydrogen-bond donors (Lipinski definition) is 2. The molecule has 1 unspecified atom stereocenters. The van der Waals surface area contributed by atoms with Gasteiger partial charge in [-0.1, -0.05) is 49.5 Å². The number of carbonyl (C=O) groups is 1. The fourth-order valence-corrected chi connectivity index (χ4v) is 2.37. The van der Waals surface area contributed by atoms with E-state index in [1.54, 1.807) is 0 Å². The molecule has 0 saturated heterocycles. The Balaban J connectivity index is 2.56. The summed E-state index contributed by atoms with van der Waals surface area (Å²) in [6.45, 7) is 5.97. The van der Waals surface area contributed by atoms with Crippen LogP contribution in [0.4, 0.5) is 0 Å². The van der Waals surface area contributed by atoms with Crippen LogP contribution in [0.5, 0.6) is 0 Å². The summed E-state index contributed by atoms with van der Waals surface area (Å²) in [4.78, 5) is 12.4. The van der Waals surface area contributed by atoms with Gasteiger partial charge in [0, 0.05) is 5.54 Å². The first-order valence-electron chi connectivity index (χ1n) is 7.01. The van der Waals surface area contributed by atoms with Crippen LogP contribution in [0.3, 0.4) is 0 Å². The van der Waals surface area contributed by atoms with E-state index in [-0.39, 0.29) is 22.4 Å². The lowest BCUT2D eigenvalue weighted by Gasteiger charge is -2.28. The zero-order valence-electron chi connectivity index (χ0n) is 12.5. The number of amides is 1. The highest BCUT2D eigenvalue weighted by Crippen LogP contribution is 2.15. The molecule has 0 aliphatic carbocycles. The average Bonchev–Trinajstić information content (AvgIpc) is 2.37. The molecule has 0 heterocycles. The number of hydrogen-bond acceptors (Lipinski definition) is 2. The molecule has 0 radical (unpaired) electrons. The van der Waals surface area contributed by atoms with E-state index in [1.165, 1.54) is 5.56 Å². The second kappa shape index (κ2) is 7.39. The van der Waals surface area contributed by atoms with Crippen LogP contribution in [-0.2, 0) is 11.2 Å². The van der Waals surface area contributed by atoms with Crippen LogP contribution in [0.25, 0.3) is 0 Å². The van der Waals surface area contributed by atoms with E-state index in [9.17, 15) is 4.79 Å². The summed E-state index contributed by atoms with van der Waals surface area (Å²) in [5.41, 5.74) is 6.60. The van der Waals surface area contributed by atoms with Crippen molar-refractivity contribution in [3.63, 3.8) is 0 Å². The van der Waals surface area contributed by atoms with Gasteiger partial charge >= 0.3 is 0 Å². The van der Waals surface area contributed by atoms with Gasteiger partial charge in [-0.3, -0.25) is 4.79 Å². The van der Waals surface area contributed by atoms with Gasteiger partial charge in [0.15, 0.2) is 0 Å². The van der Waals surface area contributed by atoms with Crippen molar-refractivity contribution in [2.75, 3.05) is 0 Å². The molecule has 4 heteroatoms. The number of benzene rings is 1. The molecule has 1 amide bonds. The summed E-state index contributed by atoms with van der Waals surface area (Å²) >= 11 is 4.94. The predicted molar refractivity (Wildman–Crippen MR) is 87.6 cm³/mol. The topological polar surface area (TPSA) is 55.1 Å². The zero-order chi connectivity index (χ0) is 15.2. The molecule has 3 N–H and O–H groups in total. The van der Waals surface area contributed by atoms with Crippen LogP contribution in [0.1, 0.15) is 39.2 Å². The highest BCUT2D eigenvalue weighted by atomic mass is 32.1. The third kappa shape index (κ3) is 5.29. The molecule has 1 aromatic carbocycles. The van der Waals surface area contributed by atoms with Gasteiger partial charge in [-0.15, -0.1) is 0 Å². The minimum Gasteiger partial charge on any atom is -0.393 e. The number of rotatable bonds is 7. The minimum atomic E-state index is -0.374. The predicted octanol–water partition coefficient (Wildman–Crippen LogP) is 2.83. The second-order valence-corrected chi connectivity index (χ2v) is 6.19. The second-order valence-electron chi connectivity index (χ2n) is 5.72. The van der Waals surface area contributed by atoms with Crippen LogP contribution in [0.2, 0.25) is 0 Å². The Morgan fingerprint density at radius 2 is 1.95 bits per heavy atom. The van der Waals surface area contributed by atoms with Crippen LogP contribution in [0, 0.1) is 5.92 Å². The lowest BCUT2D eigenvalue weighted by Crippen LogP contribution is -2.48. The standard InChI is InChI=1S/C16H24N2OS/c1-4-13(14(17)20)15(19)18-16(2,3)11-10-12-8-6-5-7-9-12/h5-9,13H,4,10-11H2,1-3H3,(H2,17,20)(H,18,19). The Hall–Kier alpha value is -1.42. The fraction of sp³-hybridized carbons (Fsp3) is 0.500. The molecule has 110 valence electrons. The van der Waals surface area contributed by atoms with Crippen molar-refractivity contribution in [1.82, 2.24) is 5.32 Å². The van der Waals surface area contributed by atoms with Crippen LogP contribution < -0.4 is 11.1 Å². The summed E-state index contributed by atoms with van der Waals surface area (Å²) in [7, 11) is 0. The number of carbonyl (C=O) groups excluding carboxylic acids is 1. The van der Waals surface area contributed by atoms with Gasteiger partial charge in [-0.2, -0.15) is 0 Å². The van der Waals surface area contributed by atoms with Crippen molar-refractivity contribution >= 4 is 23.1 Å². The van der Waals surface area contributed by atoms with Gasteiger partial charge in [0.05, 0.1) is 10.9 Å². The SMILES string of the molecule is CCC(C(=O)NC(C)(C)CCc1ccccc1)C(N)=S. The van der Waals surface area contributed by atoms with Gasteiger partial charge in [0.25, 0.3) is 0 Å². The molecular formula is C16H24N2OS. The maximum absolute atomic E-state index is 12.2. The first-order valence-corrected chi connectivity index (χ1v) is 7.42. The number of nitrogens with two attached hydrogens (primary N) is 1. The van der Waals surface area contributed by atoms with Gasteiger partial charge in [0.2, 0.25) is 5.91 Å². The van der Waals surface area contributed by atoms with Crippen LogP contribution in [0.15, 0.2) is 30.3 Å². The maximum Gasteiger partial charge on any atom is 0.230 e. The third-order valence-corrected chi connectivity index (χ3v) is 3.70. The largest absolute Gasteiger partial charge is 0.393 e. The Labute approximate surface area is 126 Å². The van der Waals surface area contributed by atoms with E-state index in [0.29, 0.717) is 6.42 Å². The van der Waals surface area contributed by atoms with Crippen molar-refractivity contribution in [3.8, 4) is 0 Å². The molecule has 0 spiro atoms. The Kier molecular flexibility index (Phi) is 6.14. The van der Waals surface area contributed by atoms with Crippen molar-refractivity contribution < 1.29 is 4.79 Å². The molecule has 0 aliphatic heterocycles. The van der Waals surface area contributed by atoms with Gasteiger partial charge in [-0.25, -0.2) is 0 Å². The van der Waals surface area contributed by atoms with E-state index >= 15 is 0 Å². The first kappa shape index (κ1) is 16.6. The third-order valence-electron chi connectivity index (χ3n) is 3.41. The Morgan fingerprint density at radius 3 is 2.45 bits per heavy atom. The monoisotopic (exact) mass is 292 g/mol. The van der Waals surface area contributed by atoms with Crippen molar-refractivity contribution in [2.24, 2.45) is 11.7 Å². The summed E-state index contributed by atoms with van der Waals surface area (Å²) in [6, 6.07) is 10.3. The van der Waals surface area contributed by atoms with E-state index in [4.69, 9.17) is 18.0 Å². The van der Waals surface area contributed by atoms with Crippen molar-refractivity contribution in [2.45, 2.75) is 45.6 Å². The Morgan fingerprint density at radius 1 is 1.35 bits per heavy atom. The van der Waals surface area contributed by atoms with E-state index in [0.717, 1.165) is 12.8 Å². The number of nitrogens with one attached hydrogen (secondary N) is 1. The van der Waals surface area contributed by atoms with Crippen molar-refractivity contribution in [1.29, 1.82) is 0 Å². The van der Waals surface area contributed by atoms with Gasteiger partial charge in [0.1, 0.15) is 0 Å². The lowest BCUT2D eigenvalue weighted by atomic mass is 9.94. The molecule has 0 aliphatic rings. The van der Waals surface area contributed by atoms with Gasteiger partial charge in [-0.05, 0) is 38.7 Å². The number of thiocarbonyl (C=S) groups is 1. The molecule has 1 atom stereocenters. The normalized spacial score (nSPS) is 12.8. The zero-order valence-corrected chi connectivity index (χ0v) is 13.3. The summed E-state index contributed by atoms with van der Waals surface area (Å²) in [6.07, 6.45) is 2.43. The quantitative estimate of drug-likeness (QED) is 0.760. The molecule has 20 heavy (non-hydrogen) atoms. The highest BCUT2D eigenvalue weighted by molar-refractivity contribution is 7.80. The first-order chi connectivity index (χ1) is 9.35. The molecule has 0 bridgehead atoms. The van der Waals surface area contributed by atoms with E-state index in [2.05, 4.69) is 17.4 Å². The van der Waals surface area contributed by atoms with Crippen molar-refractivity contribution in [3.05, 3.63) is 35.9 Å². The molecule has 0 saturated carbocycles. The van der Waals surface area contributed by atoms with Gasteiger partial charge < -0.3 is 11.1 Å². The molecule has 0 aromatic heterocycles. The van der Waals surface area contributed by atoms with E-state index < -0.39 is 0 Å².